The summed E-state index contributed by atoms with van der Waals surface area (Å²) in [6.07, 6.45) is 0. The van der Waals surface area contributed by atoms with Gasteiger partial charge >= 0.3 is 5.97 Å². The van der Waals surface area contributed by atoms with Crippen LogP contribution in [-0.4, -0.2) is 12.6 Å². The van der Waals surface area contributed by atoms with E-state index >= 15 is 0 Å². The quantitative estimate of drug-likeness (QED) is 0.382. The van der Waals surface area contributed by atoms with Crippen molar-refractivity contribution in [2.75, 3.05) is 6.61 Å². The summed E-state index contributed by atoms with van der Waals surface area (Å²) in [5.74, 6) is -0.611. The Kier molecular flexibility index (Phi) is 0.587. The molecule has 1 saturated heterocycles. The van der Waals surface area contributed by atoms with Gasteiger partial charge in [0.05, 0.1) is 5.92 Å². The summed E-state index contributed by atoms with van der Waals surface area (Å²) in [5, 5.41) is 0. The van der Waals surface area contributed by atoms with E-state index in [1.54, 1.807) is 0 Å². The van der Waals surface area contributed by atoms with Crippen LogP contribution in [0.25, 0.3) is 0 Å². The van der Waals surface area contributed by atoms with Gasteiger partial charge in [-0.25, -0.2) is 0 Å². The summed E-state index contributed by atoms with van der Waals surface area (Å²) in [5.41, 5.74) is 0. The minimum Gasteiger partial charge on any atom is -0.464 e. The second kappa shape index (κ2) is 0.965. The molecule has 2 heteroatoms. The van der Waals surface area contributed by atoms with E-state index in [0.717, 1.165) is 0 Å². The molecule has 0 N–H and O–H groups in total. The van der Waals surface area contributed by atoms with Gasteiger partial charge in [0.25, 0.3) is 0 Å². The van der Waals surface area contributed by atoms with Crippen LogP contribution in [0.3, 0.4) is 0 Å². The van der Waals surface area contributed by atoms with Gasteiger partial charge in [0.15, 0.2) is 0 Å². The maximum Gasteiger partial charge on any atom is 0.312 e. The van der Waals surface area contributed by atoms with Crippen LogP contribution in [0.15, 0.2) is 0 Å². The van der Waals surface area contributed by atoms with Crippen molar-refractivity contribution >= 4 is 5.97 Å². The van der Waals surface area contributed by atoms with Crippen LogP contribution in [0.1, 0.15) is 0 Å². The van der Waals surface area contributed by atoms with E-state index in [-0.39, 0.29) is 11.9 Å². The average molecular weight is 84.1 g/mol. The molecular formula is C4H4O2. The molecule has 32 valence electrons. The molecule has 0 amide bonds. The van der Waals surface area contributed by atoms with Crippen molar-refractivity contribution in [1.82, 2.24) is 0 Å². The molecule has 0 aliphatic carbocycles. The minimum absolute atomic E-state index is 0.282. The molecule has 1 unspecified atom stereocenters. The molecule has 2 nitrogen and oxygen atoms in total. The van der Waals surface area contributed by atoms with Crippen molar-refractivity contribution in [3.63, 3.8) is 0 Å². The highest BCUT2D eigenvalue weighted by molar-refractivity contribution is 5.77. The van der Waals surface area contributed by atoms with Crippen LogP contribution < -0.4 is 0 Å². The van der Waals surface area contributed by atoms with Crippen molar-refractivity contribution in [2.45, 2.75) is 0 Å². The summed E-state index contributed by atoms with van der Waals surface area (Å²) in [6, 6.07) is 0. The second-order valence-electron chi connectivity index (χ2n) is 1.24. The number of carbonyl (C=O) groups excluding carboxylic acids is 1. The Bertz CT molecular complexity index is 77.6. The van der Waals surface area contributed by atoms with Gasteiger partial charge in [-0.2, -0.15) is 0 Å². The Labute approximate surface area is 36.1 Å². The van der Waals surface area contributed by atoms with Crippen molar-refractivity contribution in [3.8, 4) is 0 Å². The number of ether oxygens (including phenoxy) is 1. The second-order valence-corrected chi connectivity index (χ2v) is 1.24. The van der Waals surface area contributed by atoms with Gasteiger partial charge in [-0.3, -0.25) is 4.79 Å². The van der Waals surface area contributed by atoms with E-state index in [1.807, 2.05) is 0 Å². The average Bonchev–Trinajstić information content (AvgIpc) is 1.61. The third-order valence-corrected chi connectivity index (χ3v) is 0.708. The number of hydrogen-bond acceptors (Lipinski definition) is 2. The molecule has 6 heavy (non-hydrogen) atoms. The molecule has 1 heterocycles. The zero-order valence-electron chi connectivity index (χ0n) is 3.18. The third kappa shape index (κ3) is 0.295. The lowest BCUT2D eigenvalue weighted by Crippen LogP contribution is -2.31. The van der Waals surface area contributed by atoms with E-state index in [9.17, 15) is 4.79 Å². The van der Waals surface area contributed by atoms with Crippen LogP contribution in [0, 0.1) is 12.8 Å². The normalized spacial score (nSPS) is 31.5. The molecule has 2 radical (unpaired) electrons. The zero-order chi connectivity index (χ0) is 4.57. The molecule has 0 aromatic rings. The smallest absolute Gasteiger partial charge is 0.312 e. The molecule has 1 aliphatic rings. The molecule has 1 fully saturated rings. The fraction of sp³-hybridized carbons (Fsp3) is 0.500. The SMILES string of the molecule is [CH]C1COC1=O. The van der Waals surface area contributed by atoms with Gasteiger partial charge in [-0.15, -0.1) is 0 Å². The van der Waals surface area contributed by atoms with Gasteiger partial charge < -0.3 is 4.74 Å². The van der Waals surface area contributed by atoms with Crippen LogP contribution in [0.4, 0.5) is 0 Å². The highest BCUT2D eigenvalue weighted by Gasteiger charge is 2.24. The Morgan fingerprint density at radius 1 is 2.00 bits per heavy atom. The predicted molar refractivity (Wildman–Crippen MR) is 18.7 cm³/mol. The number of cyclic esters (lactones) is 1. The lowest BCUT2D eigenvalue weighted by molar-refractivity contribution is -0.164. The first-order valence-electron chi connectivity index (χ1n) is 1.73. The summed E-state index contributed by atoms with van der Waals surface area (Å²) in [4.78, 5) is 9.88. The Morgan fingerprint density at radius 3 is 2.50 bits per heavy atom. The Hall–Kier alpha value is -0.530. The number of rotatable bonds is 0. The monoisotopic (exact) mass is 84.0 g/mol. The van der Waals surface area contributed by atoms with Crippen LogP contribution in [0.5, 0.6) is 0 Å². The van der Waals surface area contributed by atoms with Gasteiger partial charge in [0, 0.05) is 0 Å². The fourth-order valence-corrected chi connectivity index (χ4v) is 0.248. The van der Waals surface area contributed by atoms with Crippen molar-refractivity contribution in [1.29, 1.82) is 0 Å². The standard InChI is InChI=1S/C4H4O2/c1-3-2-6-4(3)5/h1,3H,2H2. The van der Waals surface area contributed by atoms with Crippen molar-refractivity contribution in [2.24, 2.45) is 5.92 Å². The largest absolute Gasteiger partial charge is 0.464 e. The molecule has 1 rings (SSSR count). The van der Waals surface area contributed by atoms with Crippen LogP contribution >= 0.6 is 0 Å². The van der Waals surface area contributed by atoms with Crippen LogP contribution in [0.2, 0.25) is 0 Å². The van der Waals surface area contributed by atoms with E-state index in [0.29, 0.717) is 6.61 Å². The van der Waals surface area contributed by atoms with E-state index < -0.39 is 0 Å². The molecule has 0 aromatic heterocycles. The summed E-state index contributed by atoms with van der Waals surface area (Å²) < 4.78 is 4.28. The van der Waals surface area contributed by atoms with E-state index in [4.69, 9.17) is 6.92 Å². The summed E-state index contributed by atoms with van der Waals surface area (Å²) >= 11 is 0. The van der Waals surface area contributed by atoms with Gasteiger partial charge in [0.2, 0.25) is 0 Å². The summed E-state index contributed by atoms with van der Waals surface area (Å²) in [7, 11) is 0. The first-order chi connectivity index (χ1) is 2.80. The minimum atomic E-state index is -0.329. The van der Waals surface area contributed by atoms with Crippen molar-refractivity contribution < 1.29 is 9.53 Å². The van der Waals surface area contributed by atoms with Gasteiger partial charge in [0.1, 0.15) is 6.61 Å². The Morgan fingerprint density at radius 2 is 2.50 bits per heavy atom. The Balaban J connectivity index is 2.39. The molecule has 0 bridgehead atoms. The lowest BCUT2D eigenvalue weighted by Gasteiger charge is -2.18. The molecule has 0 spiro atoms. The molecule has 1 atom stereocenters. The summed E-state index contributed by atoms with van der Waals surface area (Å²) in [6.45, 7) is 5.45. The fourth-order valence-electron chi connectivity index (χ4n) is 0.248. The molecular weight excluding hydrogens is 80.0 g/mol. The lowest BCUT2D eigenvalue weighted by atomic mass is 10.1. The maximum atomic E-state index is 9.88. The van der Waals surface area contributed by atoms with Gasteiger partial charge in [-0.1, -0.05) is 0 Å². The molecule has 0 saturated carbocycles. The molecule has 1 aliphatic heterocycles. The van der Waals surface area contributed by atoms with Crippen LogP contribution in [-0.2, 0) is 9.53 Å². The van der Waals surface area contributed by atoms with Crippen molar-refractivity contribution in [3.05, 3.63) is 6.92 Å². The first-order valence-corrected chi connectivity index (χ1v) is 1.73. The van der Waals surface area contributed by atoms with E-state index in [1.165, 1.54) is 0 Å². The highest BCUT2D eigenvalue weighted by Crippen LogP contribution is 2.08. The predicted octanol–water partition coefficient (Wildman–Crippen LogP) is -0.130. The first kappa shape index (κ1) is 3.65. The zero-order valence-corrected chi connectivity index (χ0v) is 3.18. The third-order valence-electron chi connectivity index (χ3n) is 0.708. The number of hydrogen-bond donors (Lipinski definition) is 0. The number of carbonyl (C=O) groups is 1. The molecule has 0 aromatic carbocycles. The van der Waals surface area contributed by atoms with E-state index in [2.05, 4.69) is 4.74 Å². The highest BCUT2D eigenvalue weighted by atomic mass is 16.6. The number of esters is 1. The maximum absolute atomic E-state index is 9.88. The van der Waals surface area contributed by atoms with Gasteiger partial charge in [-0.05, 0) is 6.92 Å². The topological polar surface area (TPSA) is 26.3 Å².